The Bertz CT molecular complexity index is 345. The van der Waals surface area contributed by atoms with Gasteiger partial charge in [-0.05, 0) is 12.1 Å². The normalized spacial score (nSPS) is 24.8. The summed E-state index contributed by atoms with van der Waals surface area (Å²) in [5, 5.41) is 0.394. The maximum absolute atomic E-state index is 9.53. The number of hydrogen-bond acceptors (Lipinski definition) is 4. The zero-order valence-corrected chi connectivity index (χ0v) is 8.38. The van der Waals surface area contributed by atoms with E-state index in [1.165, 1.54) is 7.11 Å². The van der Waals surface area contributed by atoms with E-state index in [4.69, 9.17) is 25.2 Å². The second-order valence-corrected chi connectivity index (χ2v) is 4.48. The average molecular weight is 222 g/mol. The number of benzene rings is 1. The molecular formula is C7H7ClO4P+. The third kappa shape index (κ3) is 1.46. The molecule has 1 heterocycles. The Hall–Kier alpha value is -0.540. The average Bonchev–Trinajstić information content (AvgIpc) is 2.45. The quantitative estimate of drug-likeness (QED) is 0.740. The smallest absolute Gasteiger partial charge is 0.250 e. The first-order valence-electron chi connectivity index (χ1n) is 3.50. The van der Waals surface area contributed by atoms with Crippen molar-refractivity contribution in [3.8, 4) is 11.5 Å². The predicted octanol–water partition coefficient (Wildman–Crippen LogP) is 2.43. The van der Waals surface area contributed by atoms with Gasteiger partial charge in [-0.2, -0.15) is 4.89 Å². The van der Waals surface area contributed by atoms with Crippen LogP contribution >= 0.6 is 19.8 Å². The molecule has 1 atom stereocenters. The highest BCUT2D eigenvalue weighted by Gasteiger charge is 2.54. The minimum absolute atomic E-state index is 0.335. The van der Waals surface area contributed by atoms with Gasteiger partial charge in [0.15, 0.2) is 0 Å². The minimum atomic E-state index is -3.19. The molecular weight excluding hydrogens is 214 g/mol. The number of fused-ring (bicyclic) bond motifs is 1. The molecule has 4 nitrogen and oxygen atoms in total. The van der Waals surface area contributed by atoms with E-state index in [0.29, 0.717) is 16.5 Å². The van der Waals surface area contributed by atoms with E-state index in [-0.39, 0.29) is 0 Å². The van der Waals surface area contributed by atoms with E-state index >= 15 is 0 Å². The third-order valence-corrected chi connectivity index (χ3v) is 3.18. The largest absolute Gasteiger partial charge is 0.666 e. The van der Waals surface area contributed by atoms with Crippen molar-refractivity contribution in [1.29, 1.82) is 0 Å². The van der Waals surface area contributed by atoms with Gasteiger partial charge in [-0.1, -0.05) is 17.7 Å². The van der Waals surface area contributed by atoms with Crippen LogP contribution in [0, 0.1) is 0 Å². The van der Waals surface area contributed by atoms with E-state index in [1.54, 1.807) is 18.2 Å². The van der Waals surface area contributed by atoms with Crippen LogP contribution in [0.15, 0.2) is 18.2 Å². The maximum Gasteiger partial charge on any atom is 0.666 e. The molecule has 0 saturated heterocycles. The van der Waals surface area contributed by atoms with Gasteiger partial charge in [0, 0.05) is 0 Å². The first kappa shape index (κ1) is 9.03. The summed E-state index contributed by atoms with van der Waals surface area (Å²) in [5.74, 6) is 0.743. The van der Waals surface area contributed by atoms with Gasteiger partial charge in [-0.15, -0.1) is 4.52 Å². The Morgan fingerprint density at radius 2 is 2.23 bits per heavy atom. The van der Waals surface area contributed by atoms with Crippen LogP contribution in [0.25, 0.3) is 0 Å². The minimum Gasteiger partial charge on any atom is -0.250 e. The van der Waals surface area contributed by atoms with Gasteiger partial charge < -0.3 is 0 Å². The molecule has 0 bridgehead atoms. The second-order valence-electron chi connectivity index (χ2n) is 2.40. The van der Waals surface area contributed by atoms with Gasteiger partial charge >= 0.3 is 8.17 Å². The van der Waals surface area contributed by atoms with Crippen LogP contribution in [-0.2, 0) is 4.52 Å². The third-order valence-electron chi connectivity index (χ3n) is 1.58. The number of halogens is 1. The fourth-order valence-corrected chi connectivity index (χ4v) is 2.24. The lowest BCUT2D eigenvalue weighted by Crippen LogP contribution is -2.01. The van der Waals surface area contributed by atoms with E-state index in [2.05, 4.69) is 0 Å². The molecule has 1 aromatic carbocycles. The number of para-hydroxylation sites is 1. The standard InChI is InChI=1S/C7H7ClO4P/c1-10-13(9)11-6-4-2-3-5(8)7(6)12-13/h2-4,9H,1H3/q+1. The summed E-state index contributed by atoms with van der Waals surface area (Å²) in [6.07, 6.45) is 0. The monoisotopic (exact) mass is 221 g/mol. The highest BCUT2D eigenvalue weighted by atomic mass is 35.5. The van der Waals surface area contributed by atoms with Crippen LogP contribution in [0.1, 0.15) is 0 Å². The van der Waals surface area contributed by atoms with Crippen molar-refractivity contribution in [3.05, 3.63) is 23.2 Å². The zero-order valence-electron chi connectivity index (χ0n) is 6.73. The van der Waals surface area contributed by atoms with Crippen molar-refractivity contribution < 1.29 is 18.5 Å². The van der Waals surface area contributed by atoms with Crippen LogP contribution in [0.2, 0.25) is 5.02 Å². The van der Waals surface area contributed by atoms with Crippen molar-refractivity contribution in [2.45, 2.75) is 0 Å². The Morgan fingerprint density at radius 3 is 2.85 bits per heavy atom. The van der Waals surface area contributed by atoms with Crippen LogP contribution in [0.5, 0.6) is 11.5 Å². The lowest BCUT2D eigenvalue weighted by molar-refractivity contribution is 0.234. The fourth-order valence-electron chi connectivity index (χ4n) is 0.982. The van der Waals surface area contributed by atoms with Gasteiger partial charge in [0.05, 0.1) is 12.1 Å². The van der Waals surface area contributed by atoms with Gasteiger partial charge in [-0.25, -0.2) is 4.52 Å². The van der Waals surface area contributed by atoms with Crippen molar-refractivity contribution in [2.75, 3.05) is 7.11 Å². The molecule has 0 aliphatic carbocycles. The van der Waals surface area contributed by atoms with Crippen molar-refractivity contribution in [2.24, 2.45) is 0 Å². The SMILES string of the molecule is CO[P+]1(O)Oc2cccc(Cl)c2O1. The first-order valence-corrected chi connectivity index (χ1v) is 5.37. The van der Waals surface area contributed by atoms with Crippen molar-refractivity contribution in [3.63, 3.8) is 0 Å². The molecule has 0 fully saturated rings. The molecule has 70 valence electrons. The van der Waals surface area contributed by atoms with Gasteiger partial charge in [0.2, 0.25) is 5.75 Å². The van der Waals surface area contributed by atoms with E-state index in [1.807, 2.05) is 0 Å². The molecule has 1 unspecified atom stereocenters. The molecule has 2 rings (SSSR count). The molecule has 0 radical (unpaired) electrons. The molecule has 0 amide bonds. The Balaban J connectivity index is 2.40. The van der Waals surface area contributed by atoms with E-state index in [9.17, 15) is 4.89 Å². The van der Waals surface area contributed by atoms with Gasteiger partial charge in [-0.3, -0.25) is 4.52 Å². The summed E-state index contributed by atoms with van der Waals surface area (Å²) in [5.41, 5.74) is 0. The van der Waals surface area contributed by atoms with Gasteiger partial charge in [0.25, 0.3) is 5.75 Å². The molecule has 6 heteroatoms. The van der Waals surface area contributed by atoms with Crippen LogP contribution in [0.4, 0.5) is 0 Å². The van der Waals surface area contributed by atoms with Gasteiger partial charge in [0.1, 0.15) is 0 Å². The highest BCUT2D eigenvalue weighted by Crippen LogP contribution is 2.65. The summed E-state index contributed by atoms with van der Waals surface area (Å²) in [4.78, 5) is 9.53. The second kappa shape index (κ2) is 3.00. The summed E-state index contributed by atoms with van der Waals surface area (Å²) in [7, 11) is -1.88. The Morgan fingerprint density at radius 1 is 1.46 bits per heavy atom. The molecule has 1 aliphatic heterocycles. The Kier molecular flexibility index (Phi) is 2.08. The maximum atomic E-state index is 9.53. The molecule has 1 N–H and O–H groups in total. The summed E-state index contributed by atoms with van der Waals surface area (Å²) in [6, 6.07) is 5.00. The molecule has 1 aromatic rings. The first-order chi connectivity index (χ1) is 6.14. The Labute approximate surface area is 80.7 Å². The predicted molar refractivity (Wildman–Crippen MR) is 48.9 cm³/mol. The molecule has 0 saturated carbocycles. The summed E-state index contributed by atoms with van der Waals surface area (Å²) >= 11 is 5.80. The van der Waals surface area contributed by atoms with Crippen molar-refractivity contribution >= 4 is 19.8 Å². The fraction of sp³-hybridized carbons (Fsp3) is 0.143. The lowest BCUT2D eigenvalue weighted by atomic mass is 10.3. The topological polar surface area (TPSA) is 47.9 Å². The molecule has 0 spiro atoms. The zero-order chi connectivity index (χ0) is 9.47. The highest BCUT2D eigenvalue weighted by molar-refractivity contribution is 7.56. The lowest BCUT2D eigenvalue weighted by Gasteiger charge is -2.02. The van der Waals surface area contributed by atoms with Crippen LogP contribution in [-0.4, -0.2) is 12.0 Å². The van der Waals surface area contributed by atoms with Crippen molar-refractivity contribution in [1.82, 2.24) is 0 Å². The van der Waals surface area contributed by atoms with E-state index < -0.39 is 8.17 Å². The van der Waals surface area contributed by atoms with Crippen LogP contribution in [0.3, 0.4) is 0 Å². The molecule has 0 aromatic heterocycles. The molecule has 1 aliphatic rings. The summed E-state index contributed by atoms with van der Waals surface area (Å²) < 4.78 is 14.8. The molecule has 13 heavy (non-hydrogen) atoms. The number of rotatable bonds is 1. The number of hydrogen-bond donors (Lipinski definition) is 1. The van der Waals surface area contributed by atoms with Crippen LogP contribution < -0.4 is 9.05 Å². The van der Waals surface area contributed by atoms with E-state index in [0.717, 1.165) is 0 Å². The summed E-state index contributed by atoms with van der Waals surface area (Å²) in [6.45, 7) is 0.